The number of nitrogens with zero attached hydrogens (tertiary/aromatic N) is 2. The Morgan fingerprint density at radius 1 is 1.16 bits per heavy atom. The van der Waals surface area contributed by atoms with E-state index in [2.05, 4.69) is 20.2 Å². The summed E-state index contributed by atoms with van der Waals surface area (Å²) in [5, 5.41) is 6.94. The lowest BCUT2D eigenvalue weighted by Gasteiger charge is -1.96. The number of aromatic amines is 2. The number of pyridine rings is 1. The quantitative estimate of drug-likeness (QED) is 0.733. The minimum Gasteiger partial charge on any atom is -0.364 e. The molecule has 19 heavy (non-hydrogen) atoms. The molecule has 0 atom stereocenters. The van der Waals surface area contributed by atoms with Crippen LogP contribution in [0.2, 0.25) is 0 Å². The number of rotatable bonds is 2. The summed E-state index contributed by atoms with van der Waals surface area (Å²) in [5.74, 6) is 1.05. The minimum absolute atomic E-state index is 0.0768. The van der Waals surface area contributed by atoms with Crippen molar-refractivity contribution in [1.82, 2.24) is 20.2 Å². The van der Waals surface area contributed by atoms with Crippen LogP contribution in [-0.4, -0.2) is 20.2 Å². The van der Waals surface area contributed by atoms with E-state index in [0.29, 0.717) is 17.2 Å². The second-order valence-electron chi connectivity index (χ2n) is 4.27. The molecule has 0 aliphatic carbocycles. The predicted octanol–water partition coefficient (Wildman–Crippen LogP) is 2.14. The lowest BCUT2D eigenvalue weighted by atomic mass is 10.2. The summed E-state index contributed by atoms with van der Waals surface area (Å²) in [6.07, 6.45) is 1.65. The van der Waals surface area contributed by atoms with E-state index in [9.17, 15) is 4.79 Å². The van der Waals surface area contributed by atoms with Crippen LogP contribution in [0.1, 0.15) is 5.69 Å². The molecule has 0 aliphatic heterocycles. The van der Waals surface area contributed by atoms with Gasteiger partial charge in [0.05, 0.1) is 5.56 Å². The first-order valence-corrected chi connectivity index (χ1v) is 5.91. The molecule has 0 radical (unpaired) electrons. The Bertz CT molecular complexity index is 758. The van der Waals surface area contributed by atoms with Gasteiger partial charge in [-0.3, -0.25) is 9.89 Å². The minimum atomic E-state index is -0.0768. The van der Waals surface area contributed by atoms with Gasteiger partial charge in [-0.15, -0.1) is 0 Å². The highest BCUT2D eigenvalue weighted by molar-refractivity contribution is 5.60. The zero-order valence-electron chi connectivity index (χ0n) is 10.3. The van der Waals surface area contributed by atoms with Crippen molar-refractivity contribution in [3.8, 4) is 22.8 Å². The number of nitrogens with one attached hydrogen (secondary N) is 2. The van der Waals surface area contributed by atoms with E-state index in [-0.39, 0.29) is 5.43 Å². The van der Waals surface area contributed by atoms with Crippen LogP contribution in [0.25, 0.3) is 22.8 Å². The van der Waals surface area contributed by atoms with Crippen molar-refractivity contribution >= 4 is 0 Å². The molecule has 2 heterocycles. The molecule has 94 valence electrons. The summed E-state index contributed by atoms with van der Waals surface area (Å²) >= 11 is 0. The van der Waals surface area contributed by atoms with E-state index < -0.39 is 0 Å². The molecule has 3 aromatic rings. The Hall–Kier alpha value is -2.69. The topological polar surface area (TPSA) is 74.4 Å². The standard InChI is InChI=1S/C14H12N4O/c1-9-7-12(19)11(8-15-9)14-16-13(17-18-14)10-5-3-2-4-6-10/h2-8H,1H3,(H,15,19)(H,16,17,18). The van der Waals surface area contributed by atoms with Crippen molar-refractivity contribution in [1.29, 1.82) is 0 Å². The van der Waals surface area contributed by atoms with E-state index in [1.807, 2.05) is 37.3 Å². The molecule has 0 unspecified atom stereocenters. The molecule has 0 fully saturated rings. The summed E-state index contributed by atoms with van der Waals surface area (Å²) in [6.45, 7) is 1.83. The smallest absolute Gasteiger partial charge is 0.192 e. The van der Waals surface area contributed by atoms with Gasteiger partial charge in [-0.05, 0) is 6.92 Å². The Morgan fingerprint density at radius 2 is 1.95 bits per heavy atom. The van der Waals surface area contributed by atoms with Crippen LogP contribution in [-0.2, 0) is 0 Å². The van der Waals surface area contributed by atoms with Gasteiger partial charge < -0.3 is 4.98 Å². The fourth-order valence-corrected chi connectivity index (χ4v) is 1.86. The van der Waals surface area contributed by atoms with Crippen molar-refractivity contribution in [2.45, 2.75) is 6.92 Å². The number of H-pyrrole nitrogens is 2. The average Bonchev–Trinajstić information content (AvgIpc) is 2.89. The summed E-state index contributed by atoms with van der Waals surface area (Å²) < 4.78 is 0. The number of aromatic nitrogens is 4. The Morgan fingerprint density at radius 3 is 2.68 bits per heavy atom. The molecule has 1 aromatic carbocycles. The molecule has 0 bridgehead atoms. The SMILES string of the molecule is Cc1cc(=O)c(-c2nc(-c3ccccc3)n[nH]2)c[nH]1. The van der Waals surface area contributed by atoms with E-state index >= 15 is 0 Å². The fourth-order valence-electron chi connectivity index (χ4n) is 1.86. The van der Waals surface area contributed by atoms with Gasteiger partial charge in [-0.2, -0.15) is 5.10 Å². The molecule has 2 N–H and O–H groups in total. The van der Waals surface area contributed by atoms with Crippen molar-refractivity contribution in [3.05, 3.63) is 58.5 Å². The van der Waals surface area contributed by atoms with Gasteiger partial charge in [-0.1, -0.05) is 30.3 Å². The highest BCUT2D eigenvalue weighted by Gasteiger charge is 2.10. The zero-order valence-corrected chi connectivity index (χ0v) is 10.3. The lowest BCUT2D eigenvalue weighted by Crippen LogP contribution is -2.05. The van der Waals surface area contributed by atoms with Crippen LogP contribution in [0.4, 0.5) is 0 Å². The highest BCUT2D eigenvalue weighted by Crippen LogP contribution is 2.17. The monoisotopic (exact) mass is 252 g/mol. The van der Waals surface area contributed by atoms with Gasteiger partial charge in [0.25, 0.3) is 0 Å². The highest BCUT2D eigenvalue weighted by atomic mass is 16.1. The van der Waals surface area contributed by atoms with Gasteiger partial charge >= 0.3 is 0 Å². The molecule has 0 saturated heterocycles. The van der Waals surface area contributed by atoms with Crippen molar-refractivity contribution in [3.63, 3.8) is 0 Å². The van der Waals surface area contributed by atoms with Crippen LogP contribution in [0.3, 0.4) is 0 Å². The van der Waals surface area contributed by atoms with E-state index in [0.717, 1.165) is 11.3 Å². The molecule has 0 saturated carbocycles. The largest absolute Gasteiger partial charge is 0.364 e. The number of aryl methyl sites for hydroxylation is 1. The van der Waals surface area contributed by atoms with E-state index in [4.69, 9.17) is 0 Å². The third-order valence-electron chi connectivity index (χ3n) is 2.83. The van der Waals surface area contributed by atoms with E-state index in [1.165, 1.54) is 0 Å². The normalized spacial score (nSPS) is 10.6. The third-order valence-corrected chi connectivity index (χ3v) is 2.83. The van der Waals surface area contributed by atoms with E-state index in [1.54, 1.807) is 12.3 Å². The summed E-state index contributed by atoms with van der Waals surface area (Å²) in [6, 6.07) is 11.2. The second kappa shape index (κ2) is 4.53. The fraction of sp³-hybridized carbons (Fsp3) is 0.0714. The predicted molar refractivity (Wildman–Crippen MR) is 72.6 cm³/mol. The van der Waals surface area contributed by atoms with Gasteiger partial charge in [0.15, 0.2) is 17.1 Å². The molecular formula is C14H12N4O. The lowest BCUT2D eigenvalue weighted by molar-refractivity contribution is 1.09. The summed E-state index contributed by atoms with van der Waals surface area (Å²) in [5.41, 5.74) is 2.14. The van der Waals surface area contributed by atoms with Crippen LogP contribution in [0, 0.1) is 6.92 Å². The van der Waals surface area contributed by atoms with Gasteiger partial charge in [0.2, 0.25) is 0 Å². The maximum absolute atomic E-state index is 11.9. The molecule has 2 aromatic heterocycles. The maximum atomic E-state index is 11.9. The van der Waals surface area contributed by atoms with Gasteiger partial charge in [0, 0.05) is 23.5 Å². The first kappa shape index (κ1) is 11.4. The first-order chi connectivity index (χ1) is 9.24. The molecular weight excluding hydrogens is 240 g/mol. The Balaban J connectivity index is 2.04. The van der Waals surface area contributed by atoms with Crippen LogP contribution in [0.15, 0.2) is 47.4 Å². The molecule has 0 amide bonds. The summed E-state index contributed by atoms with van der Waals surface area (Å²) in [7, 11) is 0. The van der Waals surface area contributed by atoms with Gasteiger partial charge in [0.1, 0.15) is 0 Å². The zero-order chi connectivity index (χ0) is 13.2. The Kier molecular flexibility index (Phi) is 2.72. The third kappa shape index (κ3) is 2.18. The second-order valence-corrected chi connectivity index (χ2v) is 4.27. The van der Waals surface area contributed by atoms with Crippen LogP contribution < -0.4 is 5.43 Å². The van der Waals surface area contributed by atoms with Crippen molar-refractivity contribution < 1.29 is 0 Å². The maximum Gasteiger partial charge on any atom is 0.192 e. The number of benzene rings is 1. The molecule has 5 nitrogen and oxygen atoms in total. The molecule has 5 heteroatoms. The van der Waals surface area contributed by atoms with Crippen molar-refractivity contribution in [2.24, 2.45) is 0 Å². The van der Waals surface area contributed by atoms with Crippen molar-refractivity contribution in [2.75, 3.05) is 0 Å². The average molecular weight is 252 g/mol. The molecule has 0 spiro atoms. The summed E-state index contributed by atoms with van der Waals surface area (Å²) in [4.78, 5) is 19.2. The number of hydrogen-bond donors (Lipinski definition) is 2. The molecule has 0 aliphatic rings. The first-order valence-electron chi connectivity index (χ1n) is 5.91. The van der Waals surface area contributed by atoms with Gasteiger partial charge in [-0.25, -0.2) is 4.98 Å². The van der Waals surface area contributed by atoms with Crippen LogP contribution >= 0.6 is 0 Å². The Labute approximate surface area is 109 Å². The van der Waals surface area contributed by atoms with Crippen LogP contribution in [0.5, 0.6) is 0 Å². The number of hydrogen-bond acceptors (Lipinski definition) is 3. The molecule has 3 rings (SSSR count).